The van der Waals surface area contributed by atoms with Gasteiger partial charge in [-0.1, -0.05) is 20.3 Å². The van der Waals surface area contributed by atoms with E-state index in [0.717, 1.165) is 6.42 Å². The van der Waals surface area contributed by atoms with Gasteiger partial charge >= 0.3 is 0 Å². The Balaban J connectivity index is 2.31. The van der Waals surface area contributed by atoms with E-state index in [2.05, 4.69) is 15.8 Å². The SMILES string of the molecule is CCC(C)C(OC)C(=O)NCCCNC(=O)c1c(C)o[nH]c1=O. The fourth-order valence-corrected chi connectivity index (χ4v) is 2.15. The normalized spacial score (nSPS) is 13.4. The van der Waals surface area contributed by atoms with Gasteiger partial charge in [-0.15, -0.1) is 0 Å². The minimum atomic E-state index is -0.551. The maximum absolute atomic E-state index is 12.0. The van der Waals surface area contributed by atoms with E-state index in [4.69, 9.17) is 9.26 Å². The number of aryl methyl sites for hydroxylation is 1. The van der Waals surface area contributed by atoms with Crippen molar-refractivity contribution >= 4 is 11.8 Å². The van der Waals surface area contributed by atoms with Crippen molar-refractivity contribution in [3.8, 4) is 0 Å². The fraction of sp³-hybridized carbons (Fsp3) is 0.667. The van der Waals surface area contributed by atoms with Crippen LogP contribution in [0.4, 0.5) is 0 Å². The topological polar surface area (TPSA) is 113 Å². The molecule has 1 aromatic heterocycles. The Morgan fingerprint density at radius 1 is 1.30 bits per heavy atom. The lowest BCUT2D eigenvalue weighted by Crippen LogP contribution is -2.41. The Bertz CT molecular complexity index is 578. The lowest BCUT2D eigenvalue weighted by Gasteiger charge is -2.20. The number of hydrogen-bond donors (Lipinski definition) is 3. The highest BCUT2D eigenvalue weighted by Gasteiger charge is 2.23. The van der Waals surface area contributed by atoms with E-state index in [1.165, 1.54) is 14.0 Å². The maximum atomic E-state index is 12.0. The third-order valence-electron chi connectivity index (χ3n) is 3.71. The zero-order valence-electron chi connectivity index (χ0n) is 14.0. The van der Waals surface area contributed by atoms with Gasteiger partial charge in [-0.3, -0.25) is 14.4 Å². The molecule has 8 heteroatoms. The summed E-state index contributed by atoms with van der Waals surface area (Å²) < 4.78 is 9.98. The Morgan fingerprint density at radius 2 is 1.96 bits per heavy atom. The van der Waals surface area contributed by atoms with Gasteiger partial charge in [0.25, 0.3) is 11.5 Å². The first-order valence-electron chi connectivity index (χ1n) is 7.69. The molecule has 0 saturated heterocycles. The van der Waals surface area contributed by atoms with E-state index in [1.54, 1.807) is 0 Å². The van der Waals surface area contributed by atoms with Crippen molar-refractivity contribution < 1.29 is 18.8 Å². The lowest BCUT2D eigenvalue weighted by atomic mass is 10.0. The molecule has 2 amide bonds. The molecule has 8 nitrogen and oxygen atoms in total. The second kappa shape index (κ2) is 9.14. The summed E-state index contributed by atoms with van der Waals surface area (Å²) in [5.74, 6) is -0.263. The monoisotopic (exact) mass is 327 g/mol. The van der Waals surface area contributed by atoms with Crippen LogP contribution in [0.15, 0.2) is 9.32 Å². The average Bonchev–Trinajstić information content (AvgIpc) is 2.86. The van der Waals surface area contributed by atoms with E-state index in [1.807, 2.05) is 13.8 Å². The molecule has 1 heterocycles. The van der Waals surface area contributed by atoms with Gasteiger partial charge in [0.05, 0.1) is 0 Å². The minimum Gasteiger partial charge on any atom is -0.383 e. The zero-order valence-corrected chi connectivity index (χ0v) is 14.0. The van der Waals surface area contributed by atoms with Crippen LogP contribution in [0.1, 0.15) is 42.8 Å². The highest BCUT2D eigenvalue weighted by molar-refractivity contribution is 5.94. The first-order valence-corrected chi connectivity index (χ1v) is 7.69. The lowest BCUT2D eigenvalue weighted by molar-refractivity contribution is -0.133. The van der Waals surface area contributed by atoms with Crippen molar-refractivity contribution in [3.63, 3.8) is 0 Å². The fourth-order valence-electron chi connectivity index (χ4n) is 2.15. The largest absolute Gasteiger partial charge is 0.383 e. The molecule has 1 aromatic rings. The summed E-state index contributed by atoms with van der Waals surface area (Å²) in [6.07, 6.45) is 0.922. The zero-order chi connectivity index (χ0) is 17.4. The number of nitrogens with one attached hydrogen (secondary N) is 3. The maximum Gasteiger partial charge on any atom is 0.293 e. The van der Waals surface area contributed by atoms with Gasteiger partial charge in [0, 0.05) is 20.2 Å². The minimum absolute atomic E-state index is 0.0229. The smallest absolute Gasteiger partial charge is 0.293 e. The number of aromatic nitrogens is 1. The summed E-state index contributed by atoms with van der Waals surface area (Å²) in [5, 5.41) is 7.50. The Hall–Kier alpha value is -2.09. The first-order chi connectivity index (χ1) is 10.9. The van der Waals surface area contributed by atoms with Crippen molar-refractivity contribution in [3.05, 3.63) is 21.7 Å². The molecular formula is C15H25N3O5. The molecule has 0 aliphatic rings. The molecule has 3 N–H and O–H groups in total. The molecule has 2 atom stereocenters. The van der Waals surface area contributed by atoms with Crippen molar-refractivity contribution in [1.29, 1.82) is 0 Å². The van der Waals surface area contributed by atoms with E-state index in [9.17, 15) is 14.4 Å². The second-order valence-corrected chi connectivity index (χ2v) is 5.41. The van der Waals surface area contributed by atoms with Gasteiger partial charge < -0.3 is 19.9 Å². The van der Waals surface area contributed by atoms with Crippen LogP contribution in [-0.2, 0) is 9.53 Å². The summed E-state index contributed by atoms with van der Waals surface area (Å²) in [7, 11) is 1.52. The molecule has 0 aromatic carbocycles. The van der Waals surface area contributed by atoms with E-state index < -0.39 is 17.6 Å². The quantitative estimate of drug-likeness (QED) is 0.574. The Labute approximate surface area is 134 Å². The van der Waals surface area contributed by atoms with Crippen molar-refractivity contribution in [2.24, 2.45) is 5.92 Å². The van der Waals surface area contributed by atoms with Gasteiger partial charge in [-0.05, 0) is 19.3 Å². The third kappa shape index (κ3) is 5.24. The highest BCUT2D eigenvalue weighted by Crippen LogP contribution is 2.10. The highest BCUT2D eigenvalue weighted by atomic mass is 16.5. The molecule has 23 heavy (non-hydrogen) atoms. The van der Waals surface area contributed by atoms with Crippen LogP contribution in [0, 0.1) is 12.8 Å². The van der Waals surface area contributed by atoms with Gasteiger partial charge in [-0.2, -0.15) is 5.16 Å². The summed E-state index contributed by atoms with van der Waals surface area (Å²) in [4.78, 5) is 35.2. The van der Waals surface area contributed by atoms with Gasteiger partial charge in [0.1, 0.15) is 17.4 Å². The first kappa shape index (κ1) is 19.0. The molecule has 0 radical (unpaired) electrons. The average molecular weight is 327 g/mol. The standard InChI is InChI=1S/C15H25N3O5/c1-5-9(2)12(22-4)15(21)17-8-6-7-16-13(19)11-10(3)23-18-14(11)20/h9,12H,5-8H2,1-4H3,(H,16,19)(H,17,21)(H,18,20). The van der Waals surface area contributed by atoms with Crippen LogP contribution in [0.5, 0.6) is 0 Å². The second-order valence-electron chi connectivity index (χ2n) is 5.41. The number of ether oxygens (including phenoxy) is 1. The molecular weight excluding hydrogens is 302 g/mol. The van der Waals surface area contributed by atoms with Gasteiger partial charge in [0.15, 0.2) is 0 Å². The van der Waals surface area contributed by atoms with Gasteiger partial charge in [0.2, 0.25) is 5.91 Å². The Morgan fingerprint density at radius 3 is 2.48 bits per heavy atom. The Kier molecular flexibility index (Phi) is 7.53. The third-order valence-corrected chi connectivity index (χ3v) is 3.71. The number of aromatic amines is 1. The molecule has 0 aliphatic carbocycles. The van der Waals surface area contributed by atoms with E-state index >= 15 is 0 Å². The predicted octanol–water partition coefficient (Wildman–Crippen LogP) is 0.574. The molecule has 1 rings (SSSR count). The molecule has 130 valence electrons. The van der Waals surface area contributed by atoms with Gasteiger partial charge in [-0.25, -0.2) is 0 Å². The van der Waals surface area contributed by atoms with Crippen molar-refractivity contribution in [1.82, 2.24) is 15.8 Å². The van der Waals surface area contributed by atoms with Crippen LogP contribution in [0.3, 0.4) is 0 Å². The summed E-state index contributed by atoms with van der Waals surface area (Å²) in [5.41, 5.74) is -0.574. The number of rotatable bonds is 9. The number of methoxy groups -OCH3 is 1. The molecule has 0 spiro atoms. The van der Waals surface area contributed by atoms with Crippen LogP contribution < -0.4 is 16.2 Å². The van der Waals surface area contributed by atoms with Crippen molar-refractivity contribution in [2.45, 2.75) is 39.7 Å². The molecule has 0 aliphatic heterocycles. The van der Waals surface area contributed by atoms with Crippen molar-refractivity contribution in [2.75, 3.05) is 20.2 Å². The number of carbonyl (C=O) groups excluding carboxylic acids is 2. The van der Waals surface area contributed by atoms with Crippen LogP contribution in [-0.4, -0.2) is 43.3 Å². The number of H-pyrrole nitrogens is 1. The van der Waals surface area contributed by atoms with Crippen LogP contribution in [0.2, 0.25) is 0 Å². The summed E-state index contributed by atoms with van der Waals surface area (Å²) in [6, 6.07) is 0. The molecule has 0 saturated carbocycles. The predicted molar refractivity (Wildman–Crippen MR) is 84.3 cm³/mol. The van der Waals surface area contributed by atoms with E-state index in [-0.39, 0.29) is 23.1 Å². The van der Waals surface area contributed by atoms with Crippen LogP contribution in [0.25, 0.3) is 0 Å². The number of carbonyl (C=O) groups is 2. The number of amides is 2. The summed E-state index contributed by atoms with van der Waals surface area (Å²) in [6.45, 7) is 6.24. The molecule has 2 unspecified atom stereocenters. The van der Waals surface area contributed by atoms with E-state index in [0.29, 0.717) is 19.5 Å². The summed E-state index contributed by atoms with van der Waals surface area (Å²) >= 11 is 0. The number of hydrogen-bond acceptors (Lipinski definition) is 5. The molecule has 0 fully saturated rings. The van der Waals surface area contributed by atoms with Crippen LogP contribution >= 0.6 is 0 Å². The molecule has 0 bridgehead atoms.